The van der Waals surface area contributed by atoms with Gasteiger partial charge in [-0.1, -0.05) is 12.1 Å². The molecular formula is C19H10N2O7. The molecule has 2 amide bonds. The van der Waals surface area contributed by atoms with Gasteiger partial charge in [-0.15, -0.1) is 0 Å². The summed E-state index contributed by atoms with van der Waals surface area (Å²) in [7, 11) is 0. The number of carbonyl (C=O) groups is 3. The largest absolute Gasteiger partial charge is 0.508 e. The van der Waals surface area contributed by atoms with Crippen LogP contribution in [0.1, 0.15) is 31.1 Å². The Morgan fingerprint density at radius 1 is 1.00 bits per heavy atom. The maximum Gasteiger partial charge on any atom is 0.337 e. The number of carboxylic acid groups (broad SMARTS) is 1. The van der Waals surface area contributed by atoms with Crippen molar-refractivity contribution >= 4 is 39.9 Å². The zero-order valence-corrected chi connectivity index (χ0v) is 13.9. The van der Waals surface area contributed by atoms with Crippen molar-refractivity contribution in [2.75, 3.05) is 4.90 Å². The van der Waals surface area contributed by atoms with Gasteiger partial charge in [0, 0.05) is 23.1 Å². The van der Waals surface area contributed by atoms with Crippen LogP contribution in [0.25, 0.3) is 10.8 Å². The molecule has 1 heterocycles. The highest BCUT2D eigenvalue weighted by molar-refractivity contribution is 6.36. The molecule has 0 radical (unpaired) electrons. The van der Waals surface area contributed by atoms with Crippen molar-refractivity contribution in [2.45, 2.75) is 0 Å². The summed E-state index contributed by atoms with van der Waals surface area (Å²) in [5.74, 6) is -3.44. The van der Waals surface area contributed by atoms with Crippen molar-refractivity contribution in [3.8, 4) is 5.75 Å². The van der Waals surface area contributed by atoms with Crippen LogP contribution >= 0.6 is 0 Å². The summed E-state index contributed by atoms with van der Waals surface area (Å²) in [6, 6.07) is 10.1. The number of benzene rings is 3. The SMILES string of the molecule is O=C(O)c1cc(O)ccc1N1C(=O)c2cccc3cc([N+](=O)[O-])cc(c23)C1=O. The summed E-state index contributed by atoms with van der Waals surface area (Å²) in [4.78, 5) is 48.9. The number of phenols is 1. The molecule has 138 valence electrons. The molecule has 0 aliphatic carbocycles. The Labute approximate surface area is 156 Å². The number of hydrogen-bond acceptors (Lipinski definition) is 6. The van der Waals surface area contributed by atoms with Crippen LogP contribution in [0.2, 0.25) is 0 Å². The van der Waals surface area contributed by atoms with Gasteiger partial charge in [-0.05, 0) is 29.7 Å². The minimum atomic E-state index is -1.45. The number of phenolic OH excluding ortho intramolecular Hbond substituents is 1. The molecule has 0 bridgehead atoms. The molecule has 1 aliphatic rings. The second kappa shape index (κ2) is 5.88. The molecule has 3 aromatic rings. The number of nitro groups is 1. The Balaban J connectivity index is 2.02. The van der Waals surface area contributed by atoms with Crippen molar-refractivity contribution in [2.24, 2.45) is 0 Å². The first-order chi connectivity index (χ1) is 13.3. The number of anilines is 1. The number of non-ortho nitro benzene ring substituents is 1. The topological polar surface area (TPSA) is 138 Å². The van der Waals surface area contributed by atoms with Crippen LogP contribution in [0, 0.1) is 10.1 Å². The minimum Gasteiger partial charge on any atom is -0.508 e. The number of aromatic carboxylic acids is 1. The third-order valence-corrected chi connectivity index (χ3v) is 4.49. The third-order valence-electron chi connectivity index (χ3n) is 4.49. The third kappa shape index (κ3) is 2.37. The number of imide groups is 1. The number of carbonyl (C=O) groups excluding carboxylic acids is 2. The van der Waals surface area contributed by atoms with Gasteiger partial charge in [0.15, 0.2) is 0 Å². The fourth-order valence-corrected chi connectivity index (χ4v) is 3.31. The maximum atomic E-state index is 13.1. The lowest BCUT2D eigenvalue weighted by Crippen LogP contribution is -2.41. The molecule has 1 aliphatic heterocycles. The van der Waals surface area contributed by atoms with E-state index < -0.39 is 28.3 Å². The first kappa shape index (κ1) is 17.2. The van der Waals surface area contributed by atoms with Gasteiger partial charge >= 0.3 is 5.97 Å². The number of carboxylic acids is 1. The standard InChI is InChI=1S/C19H10N2O7/c22-11-4-5-15(13(8-11)19(25)26)20-17(23)12-3-1-2-9-6-10(21(27)28)7-14(16(9)12)18(20)24/h1-8,22H,(H,25,26). The van der Waals surface area contributed by atoms with Crippen LogP contribution in [-0.4, -0.2) is 32.9 Å². The van der Waals surface area contributed by atoms with Crippen molar-refractivity contribution in [1.82, 2.24) is 0 Å². The Morgan fingerprint density at radius 3 is 2.39 bits per heavy atom. The average molecular weight is 378 g/mol. The molecule has 0 saturated heterocycles. The van der Waals surface area contributed by atoms with Crippen LogP contribution < -0.4 is 4.90 Å². The molecule has 0 saturated carbocycles. The number of aromatic hydroxyl groups is 1. The van der Waals surface area contributed by atoms with Gasteiger partial charge in [0.1, 0.15) is 5.75 Å². The van der Waals surface area contributed by atoms with Crippen LogP contribution in [0.15, 0.2) is 48.5 Å². The average Bonchev–Trinajstić information content (AvgIpc) is 2.66. The molecule has 3 aromatic carbocycles. The predicted octanol–water partition coefficient (Wildman–Crippen LogP) is 2.95. The summed E-state index contributed by atoms with van der Waals surface area (Å²) >= 11 is 0. The monoisotopic (exact) mass is 378 g/mol. The lowest BCUT2D eigenvalue weighted by Gasteiger charge is -2.28. The molecular weight excluding hydrogens is 368 g/mol. The molecule has 0 atom stereocenters. The van der Waals surface area contributed by atoms with Crippen molar-refractivity contribution < 1.29 is 29.5 Å². The lowest BCUT2D eigenvalue weighted by atomic mass is 9.92. The molecule has 4 rings (SSSR count). The summed E-state index contributed by atoms with van der Waals surface area (Å²) in [6.45, 7) is 0. The van der Waals surface area contributed by atoms with Gasteiger partial charge < -0.3 is 10.2 Å². The zero-order chi connectivity index (χ0) is 20.2. The summed E-state index contributed by atoms with van der Waals surface area (Å²) in [5.41, 5.74) is -0.987. The van der Waals surface area contributed by atoms with Crippen molar-refractivity contribution in [3.05, 3.63) is 75.3 Å². The molecule has 9 heteroatoms. The molecule has 2 N–H and O–H groups in total. The highest BCUT2D eigenvalue weighted by atomic mass is 16.6. The Hall–Kier alpha value is -4.27. The highest BCUT2D eigenvalue weighted by Gasteiger charge is 2.37. The van der Waals surface area contributed by atoms with E-state index in [1.165, 1.54) is 18.2 Å². The maximum absolute atomic E-state index is 13.1. The van der Waals surface area contributed by atoms with Crippen LogP contribution in [0.5, 0.6) is 5.75 Å². The van der Waals surface area contributed by atoms with Gasteiger partial charge in [-0.25, -0.2) is 9.69 Å². The van der Waals surface area contributed by atoms with E-state index in [4.69, 9.17) is 0 Å². The van der Waals surface area contributed by atoms with E-state index in [1.54, 1.807) is 6.07 Å². The van der Waals surface area contributed by atoms with Gasteiger partial charge in [0.2, 0.25) is 0 Å². The van der Waals surface area contributed by atoms with Crippen molar-refractivity contribution in [3.63, 3.8) is 0 Å². The summed E-state index contributed by atoms with van der Waals surface area (Å²) in [6.07, 6.45) is 0. The normalized spacial score (nSPS) is 13.1. The Kier molecular flexibility index (Phi) is 3.60. The van der Waals surface area contributed by atoms with Crippen LogP contribution in [-0.2, 0) is 0 Å². The second-order valence-corrected chi connectivity index (χ2v) is 6.11. The second-order valence-electron chi connectivity index (χ2n) is 6.11. The highest BCUT2D eigenvalue weighted by Crippen LogP contribution is 2.37. The smallest absolute Gasteiger partial charge is 0.337 e. The van der Waals surface area contributed by atoms with Gasteiger partial charge in [-0.3, -0.25) is 19.7 Å². The molecule has 0 unspecified atom stereocenters. The van der Waals surface area contributed by atoms with E-state index in [2.05, 4.69) is 0 Å². The molecule has 0 aromatic heterocycles. The number of rotatable bonds is 3. The Bertz CT molecular complexity index is 1230. The number of hydrogen-bond donors (Lipinski definition) is 2. The zero-order valence-electron chi connectivity index (χ0n) is 13.9. The summed E-state index contributed by atoms with van der Waals surface area (Å²) in [5, 5.41) is 30.8. The Morgan fingerprint density at radius 2 is 1.71 bits per heavy atom. The van der Waals surface area contributed by atoms with Crippen molar-refractivity contribution in [1.29, 1.82) is 0 Å². The first-order valence-corrected chi connectivity index (χ1v) is 7.96. The van der Waals surface area contributed by atoms with E-state index in [0.717, 1.165) is 24.3 Å². The minimum absolute atomic E-state index is 0.0798. The quantitative estimate of drug-likeness (QED) is 0.406. The number of amides is 2. The van der Waals surface area contributed by atoms with E-state index >= 15 is 0 Å². The van der Waals surface area contributed by atoms with Crippen LogP contribution in [0.3, 0.4) is 0 Å². The fraction of sp³-hybridized carbons (Fsp3) is 0. The fourth-order valence-electron chi connectivity index (χ4n) is 3.31. The van der Waals surface area contributed by atoms with E-state index in [-0.39, 0.29) is 33.6 Å². The van der Waals surface area contributed by atoms with E-state index in [9.17, 15) is 34.7 Å². The molecule has 9 nitrogen and oxygen atoms in total. The molecule has 0 fully saturated rings. The molecule has 0 spiro atoms. The number of nitrogens with zero attached hydrogens (tertiary/aromatic N) is 2. The van der Waals surface area contributed by atoms with Gasteiger partial charge in [0.25, 0.3) is 17.5 Å². The first-order valence-electron chi connectivity index (χ1n) is 7.96. The predicted molar refractivity (Wildman–Crippen MR) is 96.8 cm³/mol. The van der Waals surface area contributed by atoms with Crippen LogP contribution in [0.4, 0.5) is 11.4 Å². The van der Waals surface area contributed by atoms with E-state index in [0.29, 0.717) is 10.3 Å². The molecule has 28 heavy (non-hydrogen) atoms. The van der Waals surface area contributed by atoms with Gasteiger partial charge in [-0.2, -0.15) is 0 Å². The van der Waals surface area contributed by atoms with Gasteiger partial charge in [0.05, 0.1) is 21.7 Å². The lowest BCUT2D eigenvalue weighted by molar-refractivity contribution is -0.384. The summed E-state index contributed by atoms with van der Waals surface area (Å²) < 4.78 is 0. The van der Waals surface area contributed by atoms with E-state index in [1.807, 2.05) is 0 Å². The number of nitro benzene ring substituents is 1.